The van der Waals surface area contributed by atoms with E-state index in [1.807, 2.05) is 38.1 Å². The molecule has 1 aromatic carbocycles. The van der Waals surface area contributed by atoms with Crippen LogP contribution >= 0.6 is 0 Å². The minimum absolute atomic E-state index is 0.0741. The molecule has 27 heavy (non-hydrogen) atoms. The van der Waals surface area contributed by atoms with E-state index in [2.05, 4.69) is 0 Å². The molecule has 1 aromatic rings. The SMILES string of the molecule is COCCN1C(=O)C(O)=C(C(=O)C(C)(C)C)C1c1ccccc1OC(C)C. The molecule has 1 heterocycles. The molecule has 1 N–H and O–H groups in total. The maximum Gasteiger partial charge on any atom is 0.290 e. The maximum absolute atomic E-state index is 13.1. The fourth-order valence-electron chi connectivity index (χ4n) is 3.10. The number of Topliss-reactive ketones (excluding diaryl/α,β-unsaturated/α-hetero) is 1. The van der Waals surface area contributed by atoms with Crippen LogP contribution in [-0.2, 0) is 14.3 Å². The topological polar surface area (TPSA) is 76.1 Å². The molecule has 0 saturated carbocycles. The Kier molecular flexibility index (Phi) is 6.31. The zero-order valence-electron chi connectivity index (χ0n) is 16.9. The summed E-state index contributed by atoms with van der Waals surface area (Å²) < 4.78 is 11.0. The van der Waals surface area contributed by atoms with Gasteiger partial charge in [-0.05, 0) is 19.9 Å². The predicted molar refractivity (Wildman–Crippen MR) is 103 cm³/mol. The monoisotopic (exact) mass is 375 g/mol. The van der Waals surface area contributed by atoms with Gasteiger partial charge in [-0.1, -0.05) is 39.0 Å². The van der Waals surface area contributed by atoms with E-state index in [0.29, 0.717) is 17.9 Å². The Morgan fingerprint density at radius 2 is 1.89 bits per heavy atom. The smallest absolute Gasteiger partial charge is 0.290 e. The third-order valence-corrected chi connectivity index (χ3v) is 4.34. The van der Waals surface area contributed by atoms with Crippen molar-refractivity contribution in [3.8, 4) is 5.75 Å². The number of aliphatic hydroxyl groups is 1. The lowest BCUT2D eigenvalue weighted by Gasteiger charge is -2.30. The molecule has 148 valence electrons. The molecule has 2 rings (SSSR count). The fourth-order valence-corrected chi connectivity index (χ4v) is 3.10. The normalized spacial score (nSPS) is 17.8. The van der Waals surface area contributed by atoms with Gasteiger partial charge in [0.05, 0.1) is 24.3 Å². The van der Waals surface area contributed by atoms with Crippen molar-refractivity contribution >= 4 is 11.7 Å². The highest BCUT2D eigenvalue weighted by Crippen LogP contribution is 2.43. The van der Waals surface area contributed by atoms with Crippen molar-refractivity contribution in [1.82, 2.24) is 4.90 Å². The number of ether oxygens (including phenoxy) is 2. The van der Waals surface area contributed by atoms with Gasteiger partial charge in [-0.25, -0.2) is 0 Å². The lowest BCUT2D eigenvalue weighted by atomic mass is 9.82. The van der Waals surface area contributed by atoms with E-state index in [4.69, 9.17) is 9.47 Å². The van der Waals surface area contributed by atoms with Gasteiger partial charge in [0.2, 0.25) is 0 Å². The van der Waals surface area contributed by atoms with Crippen molar-refractivity contribution < 1.29 is 24.2 Å². The molecule has 0 fully saturated rings. The molecule has 6 nitrogen and oxygen atoms in total. The number of hydrogen-bond acceptors (Lipinski definition) is 5. The van der Waals surface area contributed by atoms with Gasteiger partial charge in [-0.3, -0.25) is 9.59 Å². The Labute approximate surface area is 160 Å². The number of para-hydroxylation sites is 1. The van der Waals surface area contributed by atoms with E-state index >= 15 is 0 Å². The van der Waals surface area contributed by atoms with E-state index in [0.717, 1.165) is 0 Å². The molecular weight excluding hydrogens is 346 g/mol. The number of rotatable bonds is 7. The summed E-state index contributed by atoms with van der Waals surface area (Å²) in [5.41, 5.74) is 0.0446. The highest BCUT2D eigenvalue weighted by Gasteiger charge is 2.46. The largest absolute Gasteiger partial charge is 0.503 e. The highest BCUT2D eigenvalue weighted by atomic mass is 16.5. The number of benzene rings is 1. The molecule has 1 atom stereocenters. The van der Waals surface area contributed by atoms with Gasteiger partial charge in [0.15, 0.2) is 11.5 Å². The Balaban J connectivity index is 2.62. The molecule has 0 radical (unpaired) electrons. The van der Waals surface area contributed by atoms with Gasteiger partial charge in [-0.2, -0.15) is 0 Å². The highest BCUT2D eigenvalue weighted by molar-refractivity contribution is 6.10. The summed E-state index contributed by atoms with van der Waals surface area (Å²) in [4.78, 5) is 27.3. The first-order chi connectivity index (χ1) is 12.6. The van der Waals surface area contributed by atoms with E-state index in [1.165, 1.54) is 4.90 Å². The lowest BCUT2D eigenvalue weighted by molar-refractivity contribution is -0.130. The second-order valence-electron chi connectivity index (χ2n) is 7.94. The summed E-state index contributed by atoms with van der Waals surface area (Å²) in [6.45, 7) is 9.67. The van der Waals surface area contributed by atoms with Crippen LogP contribution in [0.1, 0.15) is 46.2 Å². The van der Waals surface area contributed by atoms with E-state index in [9.17, 15) is 14.7 Å². The molecule has 0 aromatic heterocycles. The van der Waals surface area contributed by atoms with Gasteiger partial charge in [0.1, 0.15) is 5.75 Å². The van der Waals surface area contributed by atoms with E-state index < -0.39 is 23.1 Å². The number of ketones is 1. The van der Waals surface area contributed by atoms with Crippen molar-refractivity contribution in [3.63, 3.8) is 0 Å². The molecule has 1 aliphatic rings. The molecular formula is C21H29NO5. The average molecular weight is 375 g/mol. The van der Waals surface area contributed by atoms with Crippen molar-refractivity contribution in [2.75, 3.05) is 20.3 Å². The minimum atomic E-state index is -0.743. The molecule has 0 aliphatic carbocycles. The number of methoxy groups -OCH3 is 1. The van der Waals surface area contributed by atoms with Crippen LogP contribution in [0, 0.1) is 5.41 Å². The van der Waals surface area contributed by atoms with Crippen LogP contribution in [0.4, 0.5) is 0 Å². The minimum Gasteiger partial charge on any atom is -0.503 e. The number of nitrogens with zero attached hydrogens (tertiary/aromatic N) is 1. The van der Waals surface area contributed by atoms with Crippen LogP contribution in [-0.4, -0.2) is 48.1 Å². The van der Waals surface area contributed by atoms with Crippen LogP contribution in [0.3, 0.4) is 0 Å². The Bertz CT molecular complexity index is 745. The van der Waals surface area contributed by atoms with Crippen LogP contribution in [0.2, 0.25) is 0 Å². The zero-order valence-corrected chi connectivity index (χ0v) is 16.9. The molecule has 1 unspecified atom stereocenters. The van der Waals surface area contributed by atoms with Crippen LogP contribution in [0.25, 0.3) is 0 Å². The first kappa shape index (κ1) is 21.0. The second kappa shape index (κ2) is 8.13. The lowest BCUT2D eigenvalue weighted by Crippen LogP contribution is -2.35. The number of carbonyl (C=O) groups is 2. The average Bonchev–Trinajstić information content (AvgIpc) is 2.82. The maximum atomic E-state index is 13.1. The van der Waals surface area contributed by atoms with Crippen LogP contribution in [0.5, 0.6) is 5.75 Å². The van der Waals surface area contributed by atoms with Gasteiger partial charge in [0, 0.05) is 24.6 Å². The number of hydrogen-bond donors (Lipinski definition) is 1. The summed E-state index contributed by atoms with van der Waals surface area (Å²) in [6, 6.07) is 6.59. The van der Waals surface area contributed by atoms with Crippen molar-refractivity contribution in [3.05, 3.63) is 41.2 Å². The quantitative estimate of drug-likeness (QED) is 0.790. The third kappa shape index (κ3) is 4.33. The van der Waals surface area contributed by atoms with Crippen LogP contribution < -0.4 is 4.74 Å². The summed E-state index contributed by atoms with van der Waals surface area (Å²) >= 11 is 0. The third-order valence-electron chi connectivity index (χ3n) is 4.34. The Hall–Kier alpha value is -2.34. The number of carbonyl (C=O) groups excluding carboxylic acids is 2. The van der Waals surface area contributed by atoms with Crippen molar-refractivity contribution in [2.45, 2.75) is 46.8 Å². The first-order valence-corrected chi connectivity index (χ1v) is 9.13. The van der Waals surface area contributed by atoms with Gasteiger partial charge >= 0.3 is 0 Å². The molecule has 1 aliphatic heterocycles. The van der Waals surface area contributed by atoms with Crippen LogP contribution in [0.15, 0.2) is 35.6 Å². The van der Waals surface area contributed by atoms with E-state index in [1.54, 1.807) is 27.9 Å². The summed E-state index contributed by atoms with van der Waals surface area (Å²) in [6.07, 6.45) is -0.0741. The first-order valence-electron chi connectivity index (χ1n) is 9.13. The Morgan fingerprint density at radius 1 is 1.26 bits per heavy atom. The van der Waals surface area contributed by atoms with E-state index in [-0.39, 0.29) is 24.0 Å². The Morgan fingerprint density at radius 3 is 2.44 bits per heavy atom. The summed E-state index contributed by atoms with van der Waals surface area (Å²) in [5, 5.41) is 10.6. The number of amides is 1. The summed E-state index contributed by atoms with van der Waals surface area (Å²) in [5.74, 6) is -0.737. The molecule has 0 bridgehead atoms. The molecule has 1 amide bonds. The van der Waals surface area contributed by atoms with Crippen molar-refractivity contribution in [2.24, 2.45) is 5.41 Å². The van der Waals surface area contributed by atoms with Crippen molar-refractivity contribution in [1.29, 1.82) is 0 Å². The standard InChI is InChI=1S/C21H29NO5/c1-13(2)27-15-10-8-7-9-14(15)17-16(19(24)21(3,4)5)18(23)20(25)22(17)11-12-26-6/h7-10,13,17,23H,11-12H2,1-6H3. The predicted octanol–water partition coefficient (Wildman–Crippen LogP) is 3.43. The summed E-state index contributed by atoms with van der Waals surface area (Å²) in [7, 11) is 1.54. The second-order valence-corrected chi connectivity index (χ2v) is 7.94. The molecule has 0 spiro atoms. The molecule has 6 heteroatoms. The fraction of sp³-hybridized carbons (Fsp3) is 0.524. The van der Waals surface area contributed by atoms with Gasteiger partial charge < -0.3 is 19.5 Å². The zero-order chi connectivity index (χ0) is 20.4. The van der Waals surface area contributed by atoms with Gasteiger partial charge in [-0.15, -0.1) is 0 Å². The van der Waals surface area contributed by atoms with Gasteiger partial charge in [0.25, 0.3) is 5.91 Å². The number of aliphatic hydroxyl groups excluding tert-OH is 1. The molecule has 0 saturated heterocycles.